The molecular weight excluding hydrogens is 570 g/mol. The fourth-order valence-electron chi connectivity index (χ4n) is 7.24. The Kier molecular flexibility index (Phi) is 8.88. The number of hydrogen-bond donors (Lipinski definition) is 1. The molecule has 3 aliphatic heterocycles. The molecule has 7 atom stereocenters. The maximum atomic E-state index is 14.7. The molecule has 42 heavy (non-hydrogen) atoms. The Morgan fingerprint density at radius 3 is 2.43 bits per heavy atom. The van der Waals surface area contributed by atoms with E-state index in [1.807, 2.05) is 36.4 Å². The van der Waals surface area contributed by atoms with Crippen LogP contribution in [-0.2, 0) is 20.9 Å². The average molecular weight is 608 g/mol. The first-order valence-corrected chi connectivity index (χ1v) is 15.7. The van der Waals surface area contributed by atoms with Gasteiger partial charge in [-0.15, -0.1) is 24.9 Å². The van der Waals surface area contributed by atoms with E-state index in [0.717, 1.165) is 12.0 Å². The van der Waals surface area contributed by atoms with E-state index >= 15 is 0 Å². The lowest BCUT2D eigenvalue weighted by molar-refractivity contribution is -0.145. The van der Waals surface area contributed by atoms with Gasteiger partial charge in [-0.05, 0) is 37.0 Å². The molecule has 0 aromatic heterocycles. The molecule has 5 rings (SSSR count). The highest BCUT2D eigenvalue weighted by atomic mass is 35.5. The quantitative estimate of drug-likeness (QED) is 0.372. The molecule has 7 nitrogen and oxygen atoms in total. The summed E-state index contributed by atoms with van der Waals surface area (Å²) in [6.45, 7) is 12.2. The Labute approximate surface area is 257 Å². The fourth-order valence-corrected chi connectivity index (χ4v) is 9.87. The summed E-state index contributed by atoms with van der Waals surface area (Å²) in [6, 6.07) is 15.4. The van der Waals surface area contributed by atoms with Crippen molar-refractivity contribution in [2.24, 2.45) is 17.8 Å². The van der Waals surface area contributed by atoms with E-state index in [4.69, 9.17) is 11.6 Å². The van der Waals surface area contributed by atoms with Crippen molar-refractivity contribution in [2.45, 2.75) is 48.9 Å². The summed E-state index contributed by atoms with van der Waals surface area (Å²) in [5.41, 5.74) is 1.53. The SMILES string of the molecule is C=CCN(Cc1ccccc1)C(=O)[C@@H]1[C@H]2C(=O)N([C@H](C)CO)C(C(=O)N(CC=C)c3ccccc3Cl)C23S[C@@H]1CC3C. The number of carbonyl (C=O) groups is 3. The molecular formula is C33H38ClN3O4S. The standard InChI is InChI=1S/C33H38ClN3O4S/c1-5-16-35(19-23-12-8-7-9-13-23)30(39)27-26-18-21(3)33(42-26)28(27)31(40)37(22(4)20-38)29(33)32(41)36(17-6-2)25-15-11-10-14-24(25)34/h5-15,21-22,26-29,38H,1-2,16-20H2,3-4H3/t21?,22-,26-,27+,28+,29?,33?/m1/s1. The number of rotatable bonds is 11. The predicted molar refractivity (Wildman–Crippen MR) is 168 cm³/mol. The zero-order valence-electron chi connectivity index (χ0n) is 24.1. The number of amides is 3. The van der Waals surface area contributed by atoms with Gasteiger partial charge < -0.3 is 19.8 Å². The number of nitrogens with zero attached hydrogens (tertiary/aromatic N) is 3. The van der Waals surface area contributed by atoms with Gasteiger partial charge in [0.25, 0.3) is 5.91 Å². The van der Waals surface area contributed by atoms with Crippen molar-refractivity contribution in [3.63, 3.8) is 0 Å². The number of fused-ring (bicyclic) bond motifs is 1. The molecule has 222 valence electrons. The van der Waals surface area contributed by atoms with Crippen molar-refractivity contribution in [3.05, 3.63) is 90.5 Å². The molecule has 3 saturated heterocycles. The van der Waals surface area contributed by atoms with Gasteiger partial charge in [-0.1, -0.05) is 73.1 Å². The minimum absolute atomic E-state index is 0.00542. The van der Waals surface area contributed by atoms with Gasteiger partial charge in [-0.3, -0.25) is 14.4 Å². The second kappa shape index (κ2) is 12.3. The van der Waals surface area contributed by atoms with Gasteiger partial charge >= 0.3 is 0 Å². The highest BCUT2D eigenvalue weighted by Gasteiger charge is 2.76. The third-order valence-corrected chi connectivity index (χ3v) is 11.4. The molecule has 3 unspecified atom stereocenters. The van der Waals surface area contributed by atoms with E-state index < -0.39 is 28.7 Å². The topological polar surface area (TPSA) is 81.2 Å². The molecule has 0 radical (unpaired) electrons. The van der Waals surface area contributed by atoms with Gasteiger partial charge in [-0.2, -0.15) is 0 Å². The molecule has 3 amide bonds. The lowest BCUT2D eigenvalue weighted by Gasteiger charge is -2.42. The predicted octanol–water partition coefficient (Wildman–Crippen LogP) is 4.79. The van der Waals surface area contributed by atoms with E-state index in [2.05, 4.69) is 20.1 Å². The average Bonchev–Trinajstić information content (AvgIpc) is 3.59. The van der Waals surface area contributed by atoms with Crippen molar-refractivity contribution < 1.29 is 19.5 Å². The molecule has 2 aromatic rings. The summed E-state index contributed by atoms with van der Waals surface area (Å²) < 4.78 is -0.824. The highest BCUT2D eigenvalue weighted by Crippen LogP contribution is 2.69. The van der Waals surface area contributed by atoms with Crippen LogP contribution in [-0.4, -0.2) is 74.4 Å². The number of carbonyl (C=O) groups excluding carboxylic acids is 3. The van der Waals surface area contributed by atoms with E-state index in [0.29, 0.717) is 23.8 Å². The second-order valence-electron chi connectivity index (χ2n) is 11.5. The van der Waals surface area contributed by atoms with E-state index in [9.17, 15) is 19.5 Å². The molecule has 3 aliphatic rings. The number of aliphatic hydroxyl groups excluding tert-OH is 1. The number of thioether (sulfide) groups is 1. The summed E-state index contributed by atoms with van der Waals surface area (Å²) in [5, 5.41) is 10.6. The number of likely N-dealkylation sites (tertiary alicyclic amines) is 1. The fraction of sp³-hybridized carbons (Fsp3) is 0.424. The molecule has 3 heterocycles. The zero-order chi connectivity index (χ0) is 30.2. The minimum atomic E-state index is -0.877. The third-order valence-electron chi connectivity index (χ3n) is 9.04. The van der Waals surface area contributed by atoms with Crippen LogP contribution in [0.25, 0.3) is 0 Å². The minimum Gasteiger partial charge on any atom is -0.394 e. The molecule has 0 aliphatic carbocycles. The van der Waals surface area contributed by atoms with E-state index in [-0.39, 0.29) is 42.0 Å². The highest BCUT2D eigenvalue weighted by molar-refractivity contribution is 8.02. The molecule has 0 saturated carbocycles. The monoisotopic (exact) mass is 607 g/mol. The summed E-state index contributed by atoms with van der Waals surface area (Å²) in [6.07, 6.45) is 4.06. The van der Waals surface area contributed by atoms with Crippen molar-refractivity contribution in [2.75, 3.05) is 24.6 Å². The Bertz CT molecular complexity index is 1370. The third kappa shape index (κ3) is 4.87. The van der Waals surface area contributed by atoms with Gasteiger partial charge in [0.05, 0.1) is 39.9 Å². The Morgan fingerprint density at radius 1 is 1.12 bits per heavy atom. The van der Waals surface area contributed by atoms with Gasteiger partial charge in [0.1, 0.15) is 6.04 Å². The van der Waals surface area contributed by atoms with Crippen molar-refractivity contribution in [1.82, 2.24) is 9.80 Å². The number of aliphatic hydroxyl groups is 1. The summed E-state index contributed by atoms with van der Waals surface area (Å²) in [4.78, 5) is 48.4. The Balaban J connectivity index is 1.58. The van der Waals surface area contributed by atoms with Crippen molar-refractivity contribution in [1.29, 1.82) is 0 Å². The summed E-state index contributed by atoms with van der Waals surface area (Å²) >= 11 is 8.18. The molecule has 1 spiro atoms. The van der Waals surface area contributed by atoms with Crippen LogP contribution in [0.5, 0.6) is 0 Å². The first kappa shape index (κ1) is 30.4. The normalized spacial score (nSPS) is 28.3. The smallest absolute Gasteiger partial charge is 0.251 e. The van der Waals surface area contributed by atoms with Crippen LogP contribution in [0.1, 0.15) is 25.8 Å². The summed E-state index contributed by atoms with van der Waals surface area (Å²) in [5.74, 6) is -1.89. The number of para-hydroxylation sites is 1. The molecule has 9 heteroatoms. The number of hydrogen-bond acceptors (Lipinski definition) is 5. The van der Waals surface area contributed by atoms with Crippen LogP contribution in [0, 0.1) is 17.8 Å². The molecule has 2 aromatic carbocycles. The van der Waals surface area contributed by atoms with Gasteiger partial charge in [0.15, 0.2) is 0 Å². The first-order valence-electron chi connectivity index (χ1n) is 14.4. The van der Waals surface area contributed by atoms with Gasteiger partial charge in [0.2, 0.25) is 11.8 Å². The number of anilines is 1. The number of halogens is 1. The summed E-state index contributed by atoms with van der Waals surface area (Å²) in [7, 11) is 0. The van der Waals surface area contributed by atoms with Gasteiger partial charge in [0, 0.05) is 24.9 Å². The first-order chi connectivity index (χ1) is 20.2. The van der Waals surface area contributed by atoms with Crippen LogP contribution in [0.4, 0.5) is 5.69 Å². The Morgan fingerprint density at radius 2 is 1.79 bits per heavy atom. The lowest BCUT2D eigenvalue weighted by atomic mass is 9.65. The lowest BCUT2D eigenvalue weighted by Crippen LogP contribution is -2.59. The van der Waals surface area contributed by atoms with Gasteiger partial charge in [-0.25, -0.2) is 0 Å². The largest absolute Gasteiger partial charge is 0.394 e. The maximum Gasteiger partial charge on any atom is 0.251 e. The zero-order valence-corrected chi connectivity index (χ0v) is 25.6. The maximum absolute atomic E-state index is 14.7. The molecule has 1 N–H and O–H groups in total. The van der Waals surface area contributed by atoms with Crippen molar-refractivity contribution in [3.8, 4) is 0 Å². The van der Waals surface area contributed by atoms with E-state index in [1.165, 1.54) is 0 Å². The van der Waals surface area contributed by atoms with E-state index in [1.54, 1.807) is 63.7 Å². The molecule has 3 fully saturated rings. The Hall–Kier alpha value is -3.07. The second-order valence-corrected chi connectivity index (χ2v) is 13.5. The van der Waals surface area contributed by atoms with Crippen LogP contribution < -0.4 is 4.90 Å². The van der Waals surface area contributed by atoms with Crippen molar-refractivity contribution >= 4 is 46.8 Å². The van der Waals surface area contributed by atoms with Crippen LogP contribution in [0.3, 0.4) is 0 Å². The van der Waals surface area contributed by atoms with Crippen LogP contribution >= 0.6 is 23.4 Å². The molecule has 2 bridgehead atoms. The van der Waals surface area contributed by atoms with Crippen LogP contribution in [0.15, 0.2) is 79.9 Å². The number of benzene rings is 2. The van der Waals surface area contributed by atoms with Crippen LogP contribution in [0.2, 0.25) is 5.02 Å².